The van der Waals surface area contributed by atoms with Crippen molar-refractivity contribution in [2.24, 2.45) is 35.5 Å². The third kappa shape index (κ3) is 4.89. The second-order valence-electron chi connectivity index (χ2n) is 18.8. The number of carbonyl (C=O) groups is 1. The molecule has 6 heteroatoms. The summed E-state index contributed by atoms with van der Waals surface area (Å²) in [6.07, 6.45) is 12.0. The standard InChI is InChI=1S/C44H58N4OSi/c1-28-20-32-22-39-36(43(25-28)34(32)14-10-18-47(43)27-31-12-8-7-9-13-31)16-17-38(45-39)42-41(50(4,5)6)24-37-40(46-42)23-33-21-29(2)26-44(37)35(33)15-11-19-48(44)30(3)49/h7-9,12-13,16-17,24,28-29,32-35H,10-11,14-15,18-23,25-27H2,1-6H3/t28-,29-,32+,33+,34-,35-,43-,44-/m1/s1. The van der Waals surface area contributed by atoms with E-state index in [4.69, 9.17) is 9.97 Å². The van der Waals surface area contributed by atoms with Gasteiger partial charge in [-0.3, -0.25) is 19.7 Å². The van der Waals surface area contributed by atoms with Crippen molar-refractivity contribution in [3.8, 4) is 11.4 Å². The van der Waals surface area contributed by atoms with E-state index >= 15 is 0 Å². The summed E-state index contributed by atoms with van der Waals surface area (Å²) in [6.45, 7) is 17.2. The van der Waals surface area contributed by atoms with Gasteiger partial charge >= 0.3 is 0 Å². The molecule has 4 bridgehead atoms. The zero-order valence-electron chi connectivity index (χ0n) is 31.5. The Labute approximate surface area is 301 Å². The molecule has 1 amide bonds. The zero-order chi connectivity index (χ0) is 34.6. The maximum Gasteiger partial charge on any atom is 0.220 e. The minimum Gasteiger partial charge on any atom is -0.333 e. The number of benzene rings is 1. The van der Waals surface area contributed by atoms with E-state index in [9.17, 15) is 4.79 Å². The molecule has 264 valence electrons. The molecule has 9 rings (SSSR count). The normalized spacial score (nSPS) is 34.6. The molecular formula is C44H58N4OSi. The number of piperidine rings is 2. The number of carbonyl (C=O) groups excluding carboxylic acids is 1. The fourth-order valence-electron chi connectivity index (χ4n) is 13.0. The first-order valence-electron chi connectivity index (χ1n) is 20.1. The Morgan fingerprint density at radius 2 is 1.46 bits per heavy atom. The van der Waals surface area contributed by atoms with Crippen molar-refractivity contribution >= 4 is 19.2 Å². The molecule has 4 aliphatic carbocycles. The Kier molecular flexibility index (Phi) is 7.83. The largest absolute Gasteiger partial charge is 0.333 e. The summed E-state index contributed by atoms with van der Waals surface area (Å²) in [5, 5.41) is 1.42. The lowest BCUT2D eigenvalue weighted by molar-refractivity contribution is -0.152. The van der Waals surface area contributed by atoms with E-state index in [1.807, 2.05) is 6.92 Å². The van der Waals surface area contributed by atoms with Crippen LogP contribution in [0.1, 0.15) is 100 Å². The highest BCUT2D eigenvalue weighted by Crippen LogP contribution is 2.60. The minimum atomic E-state index is -1.85. The summed E-state index contributed by atoms with van der Waals surface area (Å²) < 4.78 is 0. The maximum absolute atomic E-state index is 13.4. The topological polar surface area (TPSA) is 49.3 Å². The molecule has 2 saturated heterocycles. The first kappa shape index (κ1) is 33.0. The molecule has 0 spiro atoms. The monoisotopic (exact) mass is 686 g/mol. The van der Waals surface area contributed by atoms with Gasteiger partial charge in [0.25, 0.3) is 0 Å². The van der Waals surface area contributed by atoms with Crippen LogP contribution in [0.4, 0.5) is 0 Å². The quantitative estimate of drug-likeness (QED) is 0.259. The smallest absolute Gasteiger partial charge is 0.220 e. The number of nitrogens with zero attached hydrogens (tertiary/aromatic N) is 4. The minimum absolute atomic E-state index is 0.0693. The van der Waals surface area contributed by atoms with Crippen molar-refractivity contribution < 1.29 is 4.79 Å². The number of rotatable bonds is 4. The molecule has 5 nitrogen and oxygen atoms in total. The van der Waals surface area contributed by atoms with Crippen LogP contribution >= 0.6 is 0 Å². The number of pyridine rings is 2. The average Bonchev–Trinajstić information content (AvgIpc) is 3.07. The van der Waals surface area contributed by atoms with Gasteiger partial charge in [0.15, 0.2) is 0 Å². The number of hydrogen-bond acceptors (Lipinski definition) is 4. The summed E-state index contributed by atoms with van der Waals surface area (Å²) in [6, 6.07) is 18.6. The zero-order valence-corrected chi connectivity index (χ0v) is 32.5. The van der Waals surface area contributed by atoms with E-state index in [-0.39, 0.29) is 17.0 Å². The summed E-state index contributed by atoms with van der Waals surface area (Å²) in [7, 11) is -1.85. The van der Waals surface area contributed by atoms with Crippen LogP contribution in [0.2, 0.25) is 19.6 Å². The third-order valence-electron chi connectivity index (χ3n) is 14.5. The number of fused-ring (bicyclic) bond motifs is 2. The second kappa shape index (κ2) is 11.8. The Morgan fingerprint density at radius 1 is 0.820 bits per heavy atom. The predicted molar refractivity (Wildman–Crippen MR) is 205 cm³/mol. The molecular weight excluding hydrogens is 629 g/mol. The Morgan fingerprint density at radius 3 is 2.14 bits per heavy atom. The summed E-state index contributed by atoms with van der Waals surface area (Å²) in [5.41, 5.74) is 9.03. The second-order valence-corrected chi connectivity index (χ2v) is 23.8. The Balaban J connectivity index is 1.19. The fourth-order valence-corrected chi connectivity index (χ4v) is 14.5. The van der Waals surface area contributed by atoms with Gasteiger partial charge in [0.1, 0.15) is 0 Å². The number of amides is 1. The molecule has 8 atom stereocenters. The van der Waals surface area contributed by atoms with Crippen LogP contribution in [0.5, 0.6) is 0 Å². The molecule has 0 N–H and O–H groups in total. The van der Waals surface area contributed by atoms with Gasteiger partial charge < -0.3 is 4.90 Å². The van der Waals surface area contributed by atoms with Crippen molar-refractivity contribution in [1.82, 2.24) is 19.8 Å². The lowest BCUT2D eigenvalue weighted by Crippen LogP contribution is -2.63. The van der Waals surface area contributed by atoms with Crippen LogP contribution in [0.3, 0.4) is 0 Å². The van der Waals surface area contributed by atoms with E-state index in [0.717, 1.165) is 62.6 Å². The summed E-state index contributed by atoms with van der Waals surface area (Å²) >= 11 is 0. The van der Waals surface area contributed by atoms with Gasteiger partial charge in [-0.25, -0.2) is 0 Å². The molecule has 2 saturated carbocycles. The molecule has 4 fully saturated rings. The molecule has 1 aromatic carbocycles. The molecule has 0 unspecified atom stereocenters. The summed E-state index contributed by atoms with van der Waals surface area (Å²) in [4.78, 5) is 30.0. The lowest BCUT2D eigenvalue weighted by Gasteiger charge is -2.61. The highest BCUT2D eigenvalue weighted by atomic mass is 28.3. The van der Waals surface area contributed by atoms with Gasteiger partial charge in [0.2, 0.25) is 5.91 Å². The molecule has 50 heavy (non-hydrogen) atoms. The predicted octanol–water partition coefficient (Wildman–Crippen LogP) is 8.45. The van der Waals surface area contributed by atoms with E-state index in [1.54, 1.807) is 0 Å². The van der Waals surface area contributed by atoms with Crippen LogP contribution < -0.4 is 5.19 Å². The van der Waals surface area contributed by atoms with Gasteiger partial charge in [-0.15, -0.1) is 0 Å². The molecule has 2 aliphatic heterocycles. The maximum atomic E-state index is 13.4. The number of aromatic nitrogens is 2. The van der Waals surface area contributed by atoms with E-state index in [0.29, 0.717) is 29.6 Å². The van der Waals surface area contributed by atoms with Crippen molar-refractivity contribution in [2.75, 3.05) is 13.1 Å². The molecule has 2 aromatic heterocycles. The van der Waals surface area contributed by atoms with Crippen molar-refractivity contribution in [1.29, 1.82) is 0 Å². The van der Waals surface area contributed by atoms with Gasteiger partial charge in [-0.05, 0) is 134 Å². The molecule has 3 aromatic rings. The van der Waals surface area contributed by atoms with E-state index in [1.165, 1.54) is 71.8 Å². The SMILES string of the molecule is CC(=O)N1CCC[C@@H]2[C@@H]3Cc4nc(-c5ccc6c(n5)C[C@@H]5C[C@@H](C)C[C@@]67[C@@H]5CCCN7Cc5ccccc5)c([Si](C)(C)C)cc4[C@@]21C[C@H](C)C3. The molecule has 4 heterocycles. The fraction of sp³-hybridized carbons (Fsp3) is 0.614. The van der Waals surface area contributed by atoms with Gasteiger partial charge in [0.05, 0.1) is 30.5 Å². The van der Waals surface area contributed by atoms with Crippen LogP contribution in [0.15, 0.2) is 48.5 Å². The molecule has 0 radical (unpaired) electrons. The van der Waals surface area contributed by atoms with Crippen LogP contribution in [0.25, 0.3) is 11.4 Å². The van der Waals surface area contributed by atoms with Crippen molar-refractivity contribution in [2.45, 2.75) is 122 Å². The van der Waals surface area contributed by atoms with Crippen LogP contribution in [-0.4, -0.2) is 46.8 Å². The first-order valence-corrected chi connectivity index (χ1v) is 23.6. The van der Waals surface area contributed by atoms with Crippen molar-refractivity contribution in [3.63, 3.8) is 0 Å². The molecule has 6 aliphatic rings. The van der Waals surface area contributed by atoms with Gasteiger partial charge in [-0.2, -0.15) is 0 Å². The highest BCUT2D eigenvalue weighted by Gasteiger charge is 2.59. The van der Waals surface area contributed by atoms with E-state index < -0.39 is 8.07 Å². The Bertz CT molecular complexity index is 1820. The number of likely N-dealkylation sites (tertiary alicyclic amines) is 2. The van der Waals surface area contributed by atoms with Gasteiger partial charge in [-0.1, -0.05) is 76.0 Å². The van der Waals surface area contributed by atoms with Gasteiger partial charge in [0, 0.05) is 31.4 Å². The Hall–Kier alpha value is -2.83. The lowest BCUT2D eigenvalue weighted by atomic mass is 9.53. The van der Waals surface area contributed by atoms with Crippen LogP contribution in [-0.2, 0) is 35.3 Å². The third-order valence-corrected chi connectivity index (χ3v) is 16.5. The number of hydrogen-bond donors (Lipinski definition) is 0. The van der Waals surface area contributed by atoms with Crippen molar-refractivity contribution in [3.05, 3.63) is 76.6 Å². The first-order chi connectivity index (χ1) is 24.0. The highest BCUT2D eigenvalue weighted by molar-refractivity contribution is 6.89. The van der Waals surface area contributed by atoms with Crippen LogP contribution in [0, 0.1) is 35.5 Å². The average molecular weight is 687 g/mol. The summed E-state index contributed by atoms with van der Waals surface area (Å²) in [5.74, 6) is 4.14. The van der Waals surface area contributed by atoms with E-state index in [2.05, 4.69) is 91.8 Å².